The first-order valence-electron chi connectivity index (χ1n) is 4.77. The number of hydrogen-bond donors (Lipinski definition) is 1. The summed E-state index contributed by atoms with van der Waals surface area (Å²) in [6, 6.07) is 11.9. The van der Waals surface area contributed by atoms with Gasteiger partial charge in [0.25, 0.3) is 0 Å². The minimum atomic E-state index is 0.687. The third-order valence-corrected chi connectivity index (χ3v) is 2.95. The van der Waals surface area contributed by atoms with Crippen molar-refractivity contribution in [1.29, 1.82) is 0 Å². The molecule has 16 heavy (non-hydrogen) atoms. The lowest BCUT2D eigenvalue weighted by Gasteiger charge is -1.98. The van der Waals surface area contributed by atoms with Gasteiger partial charge in [0, 0.05) is 5.56 Å². The van der Waals surface area contributed by atoms with Crippen LogP contribution in [0.4, 0.5) is 0 Å². The second kappa shape index (κ2) is 3.68. The van der Waals surface area contributed by atoms with Crippen LogP contribution in [0.25, 0.3) is 22.3 Å². The number of hydrogen-bond acceptors (Lipinski definition) is 3. The highest BCUT2D eigenvalue weighted by atomic mass is 79.9. The maximum absolute atomic E-state index is 4.15. The van der Waals surface area contributed by atoms with Gasteiger partial charge in [0.2, 0.25) is 0 Å². The predicted molar refractivity (Wildman–Crippen MR) is 64.8 cm³/mol. The fourth-order valence-corrected chi connectivity index (χ4v) is 1.93. The first kappa shape index (κ1) is 9.47. The number of rotatable bonds is 1. The summed E-state index contributed by atoms with van der Waals surface area (Å²) in [6.07, 6.45) is 0. The van der Waals surface area contributed by atoms with Gasteiger partial charge in [-0.3, -0.25) is 5.10 Å². The van der Waals surface area contributed by atoms with Gasteiger partial charge in [-0.05, 0) is 22.0 Å². The Hall–Kier alpha value is -1.75. The van der Waals surface area contributed by atoms with Gasteiger partial charge in [-0.1, -0.05) is 30.3 Å². The Morgan fingerprint density at radius 1 is 1.06 bits per heavy atom. The second-order valence-electron chi connectivity index (χ2n) is 3.37. The Labute approximate surface area is 99.8 Å². The molecule has 0 spiro atoms. The third kappa shape index (κ3) is 1.49. The Balaban J connectivity index is 2.22. The van der Waals surface area contributed by atoms with E-state index in [4.69, 9.17) is 0 Å². The molecule has 2 aromatic heterocycles. The number of aromatic amines is 1. The molecular formula is C11H7BrN4. The summed E-state index contributed by atoms with van der Waals surface area (Å²) >= 11 is 3.36. The van der Waals surface area contributed by atoms with Crippen molar-refractivity contribution in [3.8, 4) is 11.3 Å². The van der Waals surface area contributed by atoms with E-state index in [1.165, 1.54) is 0 Å². The lowest BCUT2D eigenvalue weighted by Crippen LogP contribution is -1.87. The third-order valence-electron chi connectivity index (χ3n) is 2.35. The molecule has 0 atom stereocenters. The minimum Gasteiger partial charge on any atom is -0.258 e. The van der Waals surface area contributed by atoms with Crippen LogP contribution < -0.4 is 0 Å². The van der Waals surface area contributed by atoms with Crippen molar-refractivity contribution in [2.45, 2.75) is 0 Å². The highest BCUT2D eigenvalue weighted by molar-refractivity contribution is 9.10. The molecule has 78 valence electrons. The highest BCUT2D eigenvalue weighted by Crippen LogP contribution is 2.23. The Morgan fingerprint density at radius 3 is 2.69 bits per heavy atom. The molecular weight excluding hydrogens is 268 g/mol. The predicted octanol–water partition coefficient (Wildman–Crippen LogP) is 2.78. The SMILES string of the molecule is Brc1n[nH]c2nnc(-c3ccccc3)cc12. The molecule has 0 saturated carbocycles. The second-order valence-corrected chi connectivity index (χ2v) is 4.12. The summed E-state index contributed by atoms with van der Waals surface area (Å²) in [6.45, 7) is 0. The smallest absolute Gasteiger partial charge is 0.179 e. The molecule has 1 aromatic carbocycles. The zero-order valence-corrected chi connectivity index (χ0v) is 9.77. The number of benzene rings is 1. The van der Waals surface area contributed by atoms with E-state index in [0.717, 1.165) is 21.2 Å². The molecule has 0 aliphatic carbocycles. The van der Waals surface area contributed by atoms with E-state index in [1.54, 1.807) is 0 Å². The molecule has 3 rings (SSSR count). The van der Waals surface area contributed by atoms with Gasteiger partial charge < -0.3 is 0 Å². The van der Waals surface area contributed by atoms with Gasteiger partial charge in [0.15, 0.2) is 5.65 Å². The highest BCUT2D eigenvalue weighted by Gasteiger charge is 2.07. The average Bonchev–Trinajstić information content (AvgIpc) is 2.72. The van der Waals surface area contributed by atoms with Crippen LogP contribution in [-0.2, 0) is 0 Å². The quantitative estimate of drug-likeness (QED) is 0.743. The zero-order valence-electron chi connectivity index (χ0n) is 8.18. The van der Waals surface area contributed by atoms with Crippen LogP contribution in [0.5, 0.6) is 0 Å². The van der Waals surface area contributed by atoms with E-state index in [0.29, 0.717) is 5.65 Å². The Bertz CT molecular complexity index is 633. The monoisotopic (exact) mass is 274 g/mol. The number of fused-ring (bicyclic) bond motifs is 1. The minimum absolute atomic E-state index is 0.687. The summed E-state index contributed by atoms with van der Waals surface area (Å²) in [4.78, 5) is 0. The molecule has 1 N–H and O–H groups in total. The van der Waals surface area contributed by atoms with Crippen molar-refractivity contribution in [1.82, 2.24) is 20.4 Å². The van der Waals surface area contributed by atoms with Crippen LogP contribution in [0, 0.1) is 0 Å². The number of halogens is 1. The number of nitrogens with zero attached hydrogens (tertiary/aromatic N) is 3. The van der Waals surface area contributed by atoms with E-state index in [2.05, 4.69) is 36.3 Å². The van der Waals surface area contributed by atoms with Crippen LogP contribution in [0.2, 0.25) is 0 Å². The van der Waals surface area contributed by atoms with Gasteiger partial charge in [0.05, 0.1) is 11.1 Å². The summed E-state index contributed by atoms with van der Waals surface area (Å²) in [7, 11) is 0. The molecule has 2 heterocycles. The molecule has 0 bridgehead atoms. The van der Waals surface area contributed by atoms with Gasteiger partial charge in [0.1, 0.15) is 4.60 Å². The summed E-state index contributed by atoms with van der Waals surface area (Å²) in [5.41, 5.74) is 2.58. The Morgan fingerprint density at radius 2 is 1.88 bits per heavy atom. The number of aromatic nitrogens is 4. The van der Waals surface area contributed by atoms with Crippen molar-refractivity contribution in [3.63, 3.8) is 0 Å². The van der Waals surface area contributed by atoms with E-state index < -0.39 is 0 Å². The molecule has 4 nitrogen and oxygen atoms in total. The van der Waals surface area contributed by atoms with Gasteiger partial charge in [-0.25, -0.2) is 0 Å². The molecule has 0 aliphatic rings. The molecule has 0 fully saturated rings. The van der Waals surface area contributed by atoms with Crippen molar-refractivity contribution < 1.29 is 0 Å². The lowest BCUT2D eigenvalue weighted by atomic mass is 10.1. The Kier molecular flexibility index (Phi) is 2.18. The fraction of sp³-hybridized carbons (Fsp3) is 0. The van der Waals surface area contributed by atoms with Crippen molar-refractivity contribution in [3.05, 3.63) is 41.0 Å². The maximum atomic E-state index is 4.15. The fourth-order valence-electron chi connectivity index (χ4n) is 1.54. The zero-order chi connectivity index (χ0) is 11.0. The van der Waals surface area contributed by atoms with Crippen LogP contribution in [-0.4, -0.2) is 20.4 Å². The molecule has 0 aliphatic heterocycles. The molecule has 0 amide bonds. The van der Waals surface area contributed by atoms with Crippen molar-refractivity contribution in [2.24, 2.45) is 0 Å². The first-order chi connectivity index (χ1) is 7.84. The maximum Gasteiger partial charge on any atom is 0.179 e. The van der Waals surface area contributed by atoms with Crippen molar-refractivity contribution >= 4 is 27.0 Å². The topological polar surface area (TPSA) is 54.5 Å². The molecule has 0 radical (unpaired) electrons. The van der Waals surface area contributed by atoms with Gasteiger partial charge in [-0.2, -0.15) is 5.10 Å². The number of H-pyrrole nitrogens is 1. The van der Waals surface area contributed by atoms with E-state index >= 15 is 0 Å². The summed E-state index contributed by atoms with van der Waals surface area (Å²) < 4.78 is 0.759. The largest absolute Gasteiger partial charge is 0.258 e. The van der Waals surface area contributed by atoms with E-state index in [9.17, 15) is 0 Å². The summed E-state index contributed by atoms with van der Waals surface area (Å²) in [5, 5.41) is 16.0. The van der Waals surface area contributed by atoms with Gasteiger partial charge >= 0.3 is 0 Å². The average molecular weight is 275 g/mol. The number of nitrogens with one attached hydrogen (secondary N) is 1. The molecule has 0 saturated heterocycles. The van der Waals surface area contributed by atoms with Gasteiger partial charge in [-0.15, -0.1) is 10.2 Å². The molecule has 5 heteroatoms. The van der Waals surface area contributed by atoms with Crippen molar-refractivity contribution in [2.75, 3.05) is 0 Å². The van der Waals surface area contributed by atoms with Crippen LogP contribution in [0.1, 0.15) is 0 Å². The normalized spacial score (nSPS) is 10.8. The first-order valence-corrected chi connectivity index (χ1v) is 5.56. The summed E-state index contributed by atoms with van der Waals surface area (Å²) in [5.74, 6) is 0. The van der Waals surface area contributed by atoms with Crippen LogP contribution in [0.3, 0.4) is 0 Å². The van der Waals surface area contributed by atoms with E-state index in [-0.39, 0.29) is 0 Å². The lowest BCUT2D eigenvalue weighted by molar-refractivity contribution is 1.02. The van der Waals surface area contributed by atoms with E-state index in [1.807, 2.05) is 36.4 Å². The van der Waals surface area contributed by atoms with Crippen LogP contribution >= 0.6 is 15.9 Å². The molecule has 0 unspecified atom stereocenters. The molecule has 3 aromatic rings. The van der Waals surface area contributed by atoms with Crippen LogP contribution in [0.15, 0.2) is 41.0 Å². The standard InChI is InChI=1S/C11H7BrN4/c12-10-8-6-9(7-4-2-1-3-5-7)13-15-11(8)16-14-10/h1-6H,(H,14,15,16).